The zero-order chi connectivity index (χ0) is 13.3. The van der Waals surface area contributed by atoms with Gasteiger partial charge < -0.3 is 16.4 Å². The van der Waals surface area contributed by atoms with Crippen LogP contribution < -0.4 is 21.5 Å². The van der Waals surface area contributed by atoms with Crippen molar-refractivity contribution in [2.45, 2.75) is 17.4 Å². The van der Waals surface area contributed by atoms with Gasteiger partial charge in [-0.3, -0.25) is 4.79 Å². The van der Waals surface area contributed by atoms with E-state index >= 15 is 0 Å². The fraction of sp³-hybridized carbons (Fsp3) is 0.300. The number of para-hydroxylation sites is 1. The van der Waals surface area contributed by atoms with Crippen molar-refractivity contribution in [1.29, 1.82) is 0 Å². The van der Waals surface area contributed by atoms with Gasteiger partial charge in [0.2, 0.25) is 15.9 Å². The third kappa shape index (κ3) is 2.54. The van der Waals surface area contributed by atoms with E-state index in [1.54, 1.807) is 12.1 Å². The summed E-state index contributed by atoms with van der Waals surface area (Å²) in [5, 5.41) is 10.7. The van der Waals surface area contributed by atoms with E-state index in [0.717, 1.165) is 0 Å². The first kappa shape index (κ1) is 12.7. The molecule has 0 spiro atoms. The van der Waals surface area contributed by atoms with Crippen LogP contribution in [0, 0.1) is 0 Å². The number of anilines is 2. The van der Waals surface area contributed by atoms with Crippen LogP contribution in [0.3, 0.4) is 0 Å². The number of primary sulfonamides is 1. The van der Waals surface area contributed by atoms with E-state index in [1.807, 2.05) is 0 Å². The average Bonchev–Trinajstić information content (AvgIpc) is 2.65. The van der Waals surface area contributed by atoms with Crippen molar-refractivity contribution in [3.8, 4) is 0 Å². The Morgan fingerprint density at radius 1 is 1.39 bits per heavy atom. The molecular formula is C10H14N4O3S. The lowest BCUT2D eigenvalue weighted by Gasteiger charge is -2.15. The maximum Gasteiger partial charge on any atom is 0.240 e. The summed E-state index contributed by atoms with van der Waals surface area (Å²) >= 11 is 0. The van der Waals surface area contributed by atoms with Crippen molar-refractivity contribution in [1.82, 2.24) is 5.32 Å². The van der Waals surface area contributed by atoms with Gasteiger partial charge in [-0.05, 0) is 12.1 Å². The molecule has 1 heterocycles. The Balaban J connectivity index is 2.27. The molecule has 1 unspecified atom stereocenters. The van der Waals surface area contributed by atoms with E-state index in [0.29, 0.717) is 18.7 Å². The summed E-state index contributed by atoms with van der Waals surface area (Å²) in [6.45, 7) is 0.484. The molecule has 0 saturated carbocycles. The summed E-state index contributed by atoms with van der Waals surface area (Å²) in [6, 6.07) is 4.43. The van der Waals surface area contributed by atoms with Gasteiger partial charge in [-0.2, -0.15) is 0 Å². The van der Waals surface area contributed by atoms with E-state index in [2.05, 4.69) is 10.6 Å². The molecular weight excluding hydrogens is 256 g/mol. The Morgan fingerprint density at radius 2 is 2.11 bits per heavy atom. The van der Waals surface area contributed by atoms with Crippen LogP contribution >= 0.6 is 0 Å². The first-order valence-electron chi connectivity index (χ1n) is 5.32. The molecule has 2 rings (SSSR count). The Hall–Kier alpha value is -1.80. The molecule has 1 aromatic rings. The molecule has 7 nitrogen and oxygen atoms in total. The summed E-state index contributed by atoms with van der Waals surface area (Å²) in [6.07, 6.45) is 0.332. The van der Waals surface area contributed by atoms with E-state index in [-0.39, 0.29) is 22.5 Å². The number of nitrogens with one attached hydrogen (secondary N) is 2. The number of hydrogen-bond acceptors (Lipinski definition) is 5. The first-order valence-corrected chi connectivity index (χ1v) is 6.87. The molecule has 8 heteroatoms. The summed E-state index contributed by atoms with van der Waals surface area (Å²) in [4.78, 5) is 10.9. The monoisotopic (exact) mass is 270 g/mol. The molecule has 0 aromatic heterocycles. The van der Waals surface area contributed by atoms with Crippen LogP contribution in [0.15, 0.2) is 23.1 Å². The zero-order valence-corrected chi connectivity index (χ0v) is 10.3. The second-order valence-electron chi connectivity index (χ2n) is 4.11. The highest BCUT2D eigenvalue weighted by atomic mass is 32.2. The third-order valence-corrected chi connectivity index (χ3v) is 3.68. The van der Waals surface area contributed by atoms with E-state index in [9.17, 15) is 13.2 Å². The van der Waals surface area contributed by atoms with Crippen molar-refractivity contribution in [2.75, 3.05) is 17.6 Å². The van der Waals surface area contributed by atoms with Crippen molar-refractivity contribution < 1.29 is 13.2 Å². The van der Waals surface area contributed by atoms with Gasteiger partial charge in [-0.1, -0.05) is 6.07 Å². The van der Waals surface area contributed by atoms with Crippen molar-refractivity contribution in [3.05, 3.63) is 18.2 Å². The van der Waals surface area contributed by atoms with Crippen LogP contribution in [-0.4, -0.2) is 26.9 Å². The largest absolute Gasteiger partial charge is 0.396 e. The summed E-state index contributed by atoms with van der Waals surface area (Å²) in [7, 11) is -3.85. The van der Waals surface area contributed by atoms with E-state index in [4.69, 9.17) is 10.9 Å². The van der Waals surface area contributed by atoms with Crippen LogP contribution in [-0.2, 0) is 14.8 Å². The minimum Gasteiger partial charge on any atom is -0.396 e. The van der Waals surface area contributed by atoms with Gasteiger partial charge in [-0.15, -0.1) is 0 Å². The molecule has 1 aliphatic heterocycles. The fourth-order valence-electron chi connectivity index (χ4n) is 1.85. The van der Waals surface area contributed by atoms with Gasteiger partial charge in [0.1, 0.15) is 4.90 Å². The predicted octanol–water partition coefficient (Wildman–Crippen LogP) is -0.783. The minimum atomic E-state index is -3.85. The lowest BCUT2D eigenvalue weighted by atomic mass is 10.2. The summed E-state index contributed by atoms with van der Waals surface area (Å²) in [5.41, 5.74) is 6.29. The van der Waals surface area contributed by atoms with E-state index in [1.165, 1.54) is 6.07 Å². The Labute approximate surface area is 105 Å². The van der Waals surface area contributed by atoms with Crippen LogP contribution in [0.25, 0.3) is 0 Å². The molecule has 6 N–H and O–H groups in total. The number of nitrogen functional groups attached to an aromatic ring is 1. The number of amides is 1. The lowest BCUT2D eigenvalue weighted by molar-refractivity contribution is -0.119. The normalized spacial score (nSPS) is 19.6. The van der Waals surface area contributed by atoms with Crippen LogP contribution in [0.1, 0.15) is 6.42 Å². The number of nitrogens with two attached hydrogens (primary N) is 2. The van der Waals surface area contributed by atoms with Crippen LogP contribution in [0.2, 0.25) is 0 Å². The number of rotatable bonds is 3. The van der Waals surface area contributed by atoms with E-state index < -0.39 is 10.0 Å². The predicted molar refractivity (Wildman–Crippen MR) is 67.3 cm³/mol. The number of hydrogen-bond donors (Lipinski definition) is 4. The third-order valence-electron chi connectivity index (χ3n) is 2.71. The van der Waals surface area contributed by atoms with Crippen molar-refractivity contribution in [3.63, 3.8) is 0 Å². The number of sulfonamides is 1. The fourth-order valence-corrected chi connectivity index (χ4v) is 2.53. The number of carbonyl (C=O) groups is 1. The minimum absolute atomic E-state index is 0.0475. The smallest absolute Gasteiger partial charge is 0.240 e. The van der Waals surface area contributed by atoms with Gasteiger partial charge >= 0.3 is 0 Å². The second kappa shape index (κ2) is 4.46. The highest BCUT2D eigenvalue weighted by Crippen LogP contribution is 2.26. The molecule has 1 fully saturated rings. The quantitative estimate of drug-likeness (QED) is 0.536. The van der Waals surface area contributed by atoms with Gasteiger partial charge in [0.25, 0.3) is 0 Å². The van der Waals surface area contributed by atoms with Gasteiger partial charge in [-0.25, -0.2) is 13.6 Å². The maximum absolute atomic E-state index is 11.3. The Bertz CT molecular complexity index is 585. The standard InChI is InChI=1S/C10H14N4O3S/c11-10-7(14-6-4-9(15)13-5-6)2-1-3-8(10)18(12,16)17/h1-3,6,14H,4-5,11H2,(H,13,15)(H2,12,16,17). The summed E-state index contributed by atoms with van der Waals surface area (Å²) < 4.78 is 22.6. The molecule has 1 saturated heterocycles. The molecule has 1 atom stereocenters. The molecule has 1 amide bonds. The van der Waals surface area contributed by atoms with Crippen LogP contribution in [0.4, 0.5) is 11.4 Å². The van der Waals surface area contributed by atoms with Gasteiger partial charge in [0, 0.05) is 13.0 Å². The zero-order valence-electron chi connectivity index (χ0n) is 9.51. The SMILES string of the molecule is Nc1c(NC2CNC(=O)C2)cccc1S(N)(=O)=O. The first-order chi connectivity index (χ1) is 8.38. The Kier molecular flexibility index (Phi) is 3.14. The summed E-state index contributed by atoms with van der Waals surface area (Å²) in [5.74, 6) is -0.0475. The Morgan fingerprint density at radius 3 is 2.67 bits per heavy atom. The average molecular weight is 270 g/mol. The van der Waals surface area contributed by atoms with Crippen LogP contribution in [0.5, 0.6) is 0 Å². The maximum atomic E-state index is 11.3. The molecule has 0 bridgehead atoms. The topological polar surface area (TPSA) is 127 Å². The number of carbonyl (C=O) groups excluding carboxylic acids is 1. The highest BCUT2D eigenvalue weighted by Gasteiger charge is 2.23. The van der Waals surface area contributed by atoms with Crippen molar-refractivity contribution >= 4 is 27.3 Å². The number of benzene rings is 1. The molecule has 18 heavy (non-hydrogen) atoms. The van der Waals surface area contributed by atoms with Gasteiger partial charge in [0.15, 0.2) is 0 Å². The van der Waals surface area contributed by atoms with Gasteiger partial charge in [0.05, 0.1) is 17.4 Å². The van der Waals surface area contributed by atoms with Crippen molar-refractivity contribution in [2.24, 2.45) is 5.14 Å². The molecule has 1 aliphatic rings. The molecule has 98 valence electrons. The second-order valence-corrected chi connectivity index (χ2v) is 5.64. The highest BCUT2D eigenvalue weighted by molar-refractivity contribution is 7.89. The molecule has 0 radical (unpaired) electrons. The lowest BCUT2D eigenvalue weighted by Crippen LogP contribution is -2.23. The molecule has 1 aromatic carbocycles. The molecule has 0 aliphatic carbocycles.